The monoisotopic (exact) mass is 347 g/mol. The first-order chi connectivity index (χ1) is 7.40. The fourth-order valence-corrected chi connectivity index (χ4v) is 2.04. The van der Waals surface area contributed by atoms with E-state index in [1.54, 1.807) is 0 Å². The van der Waals surface area contributed by atoms with E-state index in [0.29, 0.717) is 0 Å². The molecule has 1 rings (SSSR count). The van der Waals surface area contributed by atoms with Gasteiger partial charge in [-0.3, -0.25) is 4.79 Å². The van der Waals surface area contributed by atoms with Gasteiger partial charge in [0.05, 0.1) is 4.83 Å². The van der Waals surface area contributed by atoms with Crippen molar-refractivity contribution in [1.29, 1.82) is 0 Å². The molecule has 1 amide bonds. The quantitative estimate of drug-likeness (QED) is 0.818. The molecule has 0 radical (unpaired) electrons. The Bertz CT molecular complexity index is 370. The molecule has 4 heteroatoms. The number of rotatable bonds is 3. The van der Waals surface area contributed by atoms with Crippen LogP contribution in [-0.2, 0) is 4.79 Å². The van der Waals surface area contributed by atoms with E-state index in [2.05, 4.69) is 37.2 Å². The fourth-order valence-electron chi connectivity index (χ4n) is 1.32. The normalized spacial score (nSPS) is 12.6. The molecule has 1 aromatic carbocycles. The Morgan fingerprint density at radius 3 is 2.44 bits per heavy atom. The van der Waals surface area contributed by atoms with Gasteiger partial charge < -0.3 is 5.32 Å². The van der Waals surface area contributed by atoms with Crippen LogP contribution < -0.4 is 5.32 Å². The van der Waals surface area contributed by atoms with Gasteiger partial charge in [0.25, 0.3) is 0 Å². The molecule has 1 N–H and O–H groups in total. The molecular formula is C12H15Br2NO. The van der Waals surface area contributed by atoms with Gasteiger partial charge in [-0.2, -0.15) is 0 Å². The molecule has 1 atom stereocenters. The second-order valence-electron chi connectivity index (χ2n) is 4.15. The van der Waals surface area contributed by atoms with Crippen LogP contribution in [0.4, 0.5) is 5.69 Å². The highest BCUT2D eigenvalue weighted by molar-refractivity contribution is 9.10. The summed E-state index contributed by atoms with van der Waals surface area (Å²) in [6.45, 7) is 6.00. The number of aryl methyl sites for hydroxylation is 1. The maximum atomic E-state index is 11.8. The summed E-state index contributed by atoms with van der Waals surface area (Å²) >= 11 is 6.78. The first kappa shape index (κ1) is 13.7. The minimum absolute atomic E-state index is 0.00694. The Morgan fingerprint density at radius 2 is 1.94 bits per heavy atom. The highest BCUT2D eigenvalue weighted by atomic mass is 79.9. The Morgan fingerprint density at radius 1 is 1.31 bits per heavy atom. The second-order valence-corrected chi connectivity index (χ2v) is 6.05. The number of hydrogen-bond donors (Lipinski definition) is 1. The Kier molecular flexibility index (Phi) is 4.99. The molecule has 2 nitrogen and oxygen atoms in total. The van der Waals surface area contributed by atoms with Crippen LogP contribution >= 0.6 is 31.9 Å². The van der Waals surface area contributed by atoms with Crippen molar-refractivity contribution < 1.29 is 4.79 Å². The van der Waals surface area contributed by atoms with Crippen molar-refractivity contribution in [1.82, 2.24) is 0 Å². The third-order valence-electron chi connectivity index (χ3n) is 2.15. The van der Waals surface area contributed by atoms with Crippen LogP contribution in [0.25, 0.3) is 0 Å². The average Bonchev–Trinajstić information content (AvgIpc) is 2.14. The van der Waals surface area contributed by atoms with E-state index in [4.69, 9.17) is 0 Å². The summed E-state index contributed by atoms with van der Waals surface area (Å²) in [5.41, 5.74) is 1.93. The van der Waals surface area contributed by atoms with Gasteiger partial charge in [-0.15, -0.1) is 0 Å². The topological polar surface area (TPSA) is 29.1 Å². The van der Waals surface area contributed by atoms with Gasteiger partial charge in [0, 0.05) is 10.2 Å². The number of hydrogen-bond acceptors (Lipinski definition) is 1. The molecule has 0 aliphatic heterocycles. The molecule has 0 fully saturated rings. The van der Waals surface area contributed by atoms with Gasteiger partial charge in [0.15, 0.2) is 0 Å². The van der Waals surface area contributed by atoms with Gasteiger partial charge in [-0.25, -0.2) is 0 Å². The van der Waals surface area contributed by atoms with Crippen molar-refractivity contribution in [2.45, 2.75) is 25.6 Å². The average molecular weight is 349 g/mol. The van der Waals surface area contributed by atoms with E-state index in [1.165, 1.54) is 0 Å². The molecule has 0 spiro atoms. The van der Waals surface area contributed by atoms with Crippen molar-refractivity contribution >= 4 is 43.5 Å². The molecule has 88 valence electrons. The highest BCUT2D eigenvalue weighted by Gasteiger charge is 2.18. The molecular weight excluding hydrogens is 334 g/mol. The summed E-state index contributed by atoms with van der Waals surface area (Å²) in [6.07, 6.45) is 0. The largest absolute Gasteiger partial charge is 0.325 e. The highest BCUT2D eigenvalue weighted by Crippen LogP contribution is 2.21. The molecule has 0 bridgehead atoms. The maximum absolute atomic E-state index is 11.8. The van der Waals surface area contributed by atoms with E-state index in [0.717, 1.165) is 15.7 Å². The van der Waals surface area contributed by atoms with Crippen LogP contribution in [0, 0.1) is 12.8 Å². The zero-order chi connectivity index (χ0) is 12.3. The third kappa shape index (κ3) is 3.91. The van der Waals surface area contributed by atoms with Gasteiger partial charge >= 0.3 is 0 Å². The first-order valence-electron chi connectivity index (χ1n) is 5.12. The van der Waals surface area contributed by atoms with E-state index < -0.39 is 0 Å². The first-order valence-corrected chi connectivity index (χ1v) is 6.83. The number of halogens is 2. The SMILES string of the molecule is Cc1cc(Br)cc(NC(=O)C(Br)C(C)C)c1. The lowest BCUT2D eigenvalue weighted by atomic mass is 10.1. The summed E-state index contributed by atoms with van der Waals surface area (Å²) in [4.78, 5) is 11.6. The third-order valence-corrected chi connectivity index (χ3v) is 4.08. The van der Waals surface area contributed by atoms with Gasteiger partial charge in [-0.1, -0.05) is 45.7 Å². The number of nitrogens with one attached hydrogen (secondary N) is 1. The molecule has 0 aliphatic carbocycles. The van der Waals surface area contributed by atoms with Crippen LogP contribution in [0.3, 0.4) is 0 Å². The number of carbonyl (C=O) groups excluding carboxylic acids is 1. The van der Waals surface area contributed by atoms with Crippen LogP contribution in [0.1, 0.15) is 19.4 Å². The van der Waals surface area contributed by atoms with E-state index in [1.807, 2.05) is 39.0 Å². The van der Waals surface area contributed by atoms with Crippen molar-refractivity contribution in [2.75, 3.05) is 5.32 Å². The van der Waals surface area contributed by atoms with Crippen molar-refractivity contribution in [3.05, 3.63) is 28.2 Å². The number of carbonyl (C=O) groups is 1. The minimum atomic E-state index is -0.160. The van der Waals surface area contributed by atoms with E-state index >= 15 is 0 Å². The van der Waals surface area contributed by atoms with Gasteiger partial charge in [0.1, 0.15) is 0 Å². The minimum Gasteiger partial charge on any atom is -0.325 e. The summed E-state index contributed by atoms with van der Waals surface area (Å²) in [5.74, 6) is 0.265. The summed E-state index contributed by atoms with van der Waals surface area (Å²) in [6, 6.07) is 5.84. The molecule has 0 aromatic heterocycles. The smallest absolute Gasteiger partial charge is 0.238 e. The Labute approximate surface area is 113 Å². The van der Waals surface area contributed by atoms with Crippen molar-refractivity contribution in [3.8, 4) is 0 Å². The number of benzene rings is 1. The lowest BCUT2D eigenvalue weighted by molar-refractivity contribution is -0.116. The molecule has 0 saturated heterocycles. The molecule has 0 aliphatic rings. The molecule has 16 heavy (non-hydrogen) atoms. The molecule has 1 aromatic rings. The Hall–Kier alpha value is -0.350. The van der Waals surface area contributed by atoms with Gasteiger partial charge in [-0.05, 0) is 36.6 Å². The van der Waals surface area contributed by atoms with Crippen molar-refractivity contribution in [3.63, 3.8) is 0 Å². The molecule has 0 saturated carbocycles. The Balaban J connectivity index is 2.77. The number of alkyl halides is 1. The van der Waals surface area contributed by atoms with Crippen LogP contribution in [0.5, 0.6) is 0 Å². The maximum Gasteiger partial charge on any atom is 0.238 e. The van der Waals surface area contributed by atoms with Crippen LogP contribution in [0.2, 0.25) is 0 Å². The van der Waals surface area contributed by atoms with E-state index in [-0.39, 0.29) is 16.7 Å². The van der Waals surface area contributed by atoms with Crippen LogP contribution in [-0.4, -0.2) is 10.7 Å². The number of amides is 1. The predicted molar refractivity (Wildman–Crippen MR) is 75.1 cm³/mol. The van der Waals surface area contributed by atoms with E-state index in [9.17, 15) is 4.79 Å². The second kappa shape index (κ2) is 5.82. The van der Waals surface area contributed by atoms with Crippen molar-refractivity contribution in [2.24, 2.45) is 5.92 Å². The number of anilines is 1. The predicted octanol–water partition coefficient (Wildman–Crippen LogP) is 4.12. The zero-order valence-electron chi connectivity index (χ0n) is 9.55. The van der Waals surface area contributed by atoms with Crippen LogP contribution in [0.15, 0.2) is 22.7 Å². The standard InChI is InChI=1S/C12H15Br2NO/c1-7(2)11(14)12(16)15-10-5-8(3)4-9(13)6-10/h4-7,11H,1-3H3,(H,15,16). The lowest BCUT2D eigenvalue weighted by Gasteiger charge is -2.14. The molecule has 0 heterocycles. The lowest BCUT2D eigenvalue weighted by Crippen LogP contribution is -2.26. The summed E-state index contributed by atoms with van der Waals surface area (Å²) in [5, 5.41) is 2.89. The zero-order valence-corrected chi connectivity index (χ0v) is 12.7. The fraction of sp³-hybridized carbons (Fsp3) is 0.417. The summed E-state index contributed by atoms with van der Waals surface area (Å²) in [7, 11) is 0. The van der Waals surface area contributed by atoms with Gasteiger partial charge in [0.2, 0.25) is 5.91 Å². The molecule has 1 unspecified atom stereocenters. The summed E-state index contributed by atoms with van der Waals surface area (Å²) < 4.78 is 0.971.